The number of carbonyl (C=O) groups is 3. The Balaban J connectivity index is 1.74. The Bertz CT molecular complexity index is 855. The summed E-state index contributed by atoms with van der Waals surface area (Å²) in [5.74, 6) is -1.09. The molecule has 0 aromatic carbocycles. The van der Waals surface area contributed by atoms with E-state index in [1.54, 1.807) is 13.0 Å². The first-order chi connectivity index (χ1) is 15.0. The van der Waals surface area contributed by atoms with E-state index in [0.717, 1.165) is 24.8 Å². The molecule has 8 heteroatoms. The van der Waals surface area contributed by atoms with Gasteiger partial charge in [-0.3, -0.25) is 4.79 Å². The zero-order chi connectivity index (χ0) is 23.5. The van der Waals surface area contributed by atoms with Crippen LogP contribution in [0.4, 0.5) is 0 Å². The lowest BCUT2D eigenvalue weighted by Crippen LogP contribution is -2.63. The molecular weight excluding hydrogens is 455 g/mol. The van der Waals surface area contributed by atoms with Crippen LogP contribution >= 0.6 is 23.2 Å². The van der Waals surface area contributed by atoms with Crippen molar-refractivity contribution in [1.82, 2.24) is 0 Å². The zero-order valence-electron chi connectivity index (χ0n) is 18.9. The third kappa shape index (κ3) is 3.35. The molecule has 0 aromatic heterocycles. The van der Waals surface area contributed by atoms with Crippen molar-refractivity contribution in [3.63, 3.8) is 0 Å². The second-order valence-electron chi connectivity index (χ2n) is 10.4. The fourth-order valence-corrected chi connectivity index (χ4v) is 7.77. The number of aliphatic hydroxyl groups excluding tert-OH is 1. The summed E-state index contributed by atoms with van der Waals surface area (Å²) in [7, 11) is 0. The molecule has 3 saturated carbocycles. The normalized spacial score (nSPS) is 43.1. The number of hydrogen-bond acceptors (Lipinski definition) is 6. The van der Waals surface area contributed by atoms with Gasteiger partial charge in [-0.05, 0) is 74.7 Å². The summed E-state index contributed by atoms with van der Waals surface area (Å²) in [4.78, 5) is 36.4. The molecule has 0 heterocycles. The molecule has 6 nitrogen and oxygen atoms in total. The number of aliphatic hydroxyl groups is 1. The fourth-order valence-electron chi connectivity index (χ4n) is 7.68. The van der Waals surface area contributed by atoms with Crippen molar-refractivity contribution in [2.24, 2.45) is 28.6 Å². The number of hydrogen-bond donors (Lipinski definition) is 1. The van der Waals surface area contributed by atoms with Crippen molar-refractivity contribution >= 4 is 40.9 Å². The maximum atomic E-state index is 13.3. The quantitative estimate of drug-likeness (QED) is 0.474. The molecule has 0 aliphatic heterocycles. The van der Waals surface area contributed by atoms with Gasteiger partial charge in [-0.1, -0.05) is 42.6 Å². The Labute approximate surface area is 199 Å². The predicted molar refractivity (Wildman–Crippen MR) is 119 cm³/mol. The maximum absolute atomic E-state index is 13.3. The highest BCUT2D eigenvalue weighted by atomic mass is 35.5. The molecule has 3 fully saturated rings. The number of allylic oxidation sites excluding steroid dienone is 1. The minimum absolute atomic E-state index is 0.00354. The lowest BCUT2D eigenvalue weighted by atomic mass is 9.45. The monoisotopic (exact) mass is 486 g/mol. The molecular formula is C24H32Cl2O6. The number of halogens is 2. The Morgan fingerprint density at radius 1 is 1.22 bits per heavy atom. The Morgan fingerprint density at radius 3 is 2.59 bits per heavy atom. The number of ketones is 1. The van der Waals surface area contributed by atoms with Crippen molar-refractivity contribution in [2.45, 2.75) is 82.3 Å². The number of esters is 2. The zero-order valence-corrected chi connectivity index (χ0v) is 20.4. The van der Waals surface area contributed by atoms with Gasteiger partial charge in [-0.15, -0.1) is 0 Å². The summed E-state index contributed by atoms with van der Waals surface area (Å²) in [6, 6.07) is 0. The molecule has 2 unspecified atom stereocenters. The number of carbonyl (C=O) groups excluding carboxylic acids is 3. The van der Waals surface area contributed by atoms with Gasteiger partial charge in [-0.25, -0.2) is 9.59 Å². The van der Waals surface area contributed by atoms with Gasteiger partial charge in [0.15, 0.2) is 5.78 Å². The van der Waals surface area contributed by atoms with E-state index >= 15 is 0 Å². The lowest BCUT2D eigenvalue weighted by Gasteiger charge is -2.60. The fraction of sp³-hybridized carbons (Fsp3) is 0.792. The van der Waals surface area contributed by atoms with Gasteiger partial charge in [0, 0.05) is 11.8 Å². The van der Waals surface area contributed by atoms with Crippen LogP contribution in [-0.2, 0) is 23.9 Å². The first-order valence-electron chi connectivity index (χ1n) is 11.6. The first-order valence-corrected chi connectivity index (χ1v) is 12.5. The molecule has 0 aromatic rings. The van der Waals surface area contributed by atoms with Gasteiger partial charge >= 0.3 is 11.9 Å². The second kappa shape index (κ2) is 8.28. The summed E-state index contributed by atoms with van der Waals surface area (Å²) in [5, 5.41) is 11.5. The van der Waals surface area contributed by atoms with Gasteiger partial charge in [0.25, 0.3) is 0 Å². The van der Waals surface area contributed by atoms with Gasteiger partial charge in [0.05, 0.1) is 12.7 Å². The van der Waals surface area contributed by atoms with Gasteiger partial charge < -0.3 is 14.6 Å². The topological polar surface area (TPSA) is 89.9 Å². The average molecular weight is 487 g/mol. The molecule has 32 heavy (non-hydrogen) atoms. The molecule has 1 N–H and O–H groups in total. The lowest BCUT2D eigenvalue weighted by molar-refractivity contribution is -0.213. The van der Waals surface area contributed by atoms with E-state index in [0.29, 0.717) is 25.7 Å². The average Bonchev–Trinajstić information content (AvgIpc) is 3.01. The predicted octanol–water partition coefficient (Wildman–Crippen LogP) is 4.14. The Morgan fingerprint density at radius 2 is 1.94 bits per heavy atom. The smallest absolute Gasteiger partial charge is 0.351 e. The highest BCUT2D eigenvalue weighted by Gasteiger charge is 2.71. The number of ether oxygens (including phenoxy) is 2. The van der Waals surface area contributed by atoms with Gasteiger partial charge in [0.1, 0.15) is 0 Å². The van der Waals surface area contributed by atoms with Gasteiger partial charge in [-0.2, -0.15) is 0 Å². The van der Waals surface area contributed by atoms with E-state index in [-0.39, 0.29) is 35.6 Å². The summed E-state index contributed by atoms with van der Waals surface area (Å²) >= 11 is 11.5. The van der Waals surface area contributed by atoms with Crippen LogP contribution in [0.15, 0.2) is 11.6 Å². The largest absolute Gasteiger partial charge is 0.463 e. The van der Waals surface area contributed by atoms with E-state index in [9.17, 15) is 19.5 Å². The maximum Gasteiger partial charge on any atom is 0.351 e. The van der Waals surface area contributed by atoms with Crippen LogP contribution in [0, 0.1) is 28.6 Å². The summed E-state index contributed by atoms with van der Waals surface area (Å²) < 4.78 is 11.2. The SMILES string of the molecule is CCOC(=O)C1(OC(=O)C(Cl)Cl)CC[C@H]2[C@@H]3CCC4=CC(=O)CC[C@]4(C)[C@@H]3C(O)C[C@@]21C. The third-order valence-electron chi connectivity index (χ3n) is 9.07. The standard InChI is InChI=1S/C24H32Cl2O6/c1-4-31-21(30)24(32-20(29)19(25)26)10-8-16-15-6-5-13-11-14(27)7-9-22(13,2)18(15)17(28)12-23(16,24)3/h11,15-19,28H,4-10,12H2,1-3H3/t15-,16-,17?,18-,22-,23-,24?/m0/s1. The van der Waals surface area contributed by atoms with Gasteiger partial charge in [0.2, 0.25) is 10.4 Å². The Kier molecular flexibility index (Phi) is 6.22. The molecule has 4 rings (SSSR count). The third-order valence-corrected chi connectivity index (χ3v) is 9.43. The van der Waals surface area contributed by atoms with Crippen LogP contribution in [0.3, 0.4) is 0 Å². The van der Waals surface area contributed by atoms with Crippen molar-refractivity contribution < 1.29 is 29.0 Å². The molecule has 0 spiro atoms. The van der Waals surface area contributed by atoms with E-state index < -0.39 is 33.9 Å². The van der Waals surface area contributed by atoms with Crippen molar-refractivity contribution in [2.75, 3.05) is 6.61 Å². The highest BCUT2D eigenvalue weighted by Crippen LogP contribution is 2.68. The van der Waals surface area contributed by atoms with Crippen LogP contribution < -0.4 is 0 Å². The van der Waals surface area contributed by atoms with E-state index in [4.69, 9.17) is 32.7 Å². The molecule has 0 radical (unpaired) electrons. The van der Waals surface area contributed by atoms with E-state index in [1.807, 2.05) is 6.92 Å². The number of rotatable bonds is 4. The van der Waals surface area contributed by atoms with Crippen LogP contribution in [0.5, 0.6) is 0 Å². The molecule has 4 aliphatic carbocycles. The van der Waals surface area contributed by atoms with Crippen molar-refractivity contribution in [1.29, 1.82) is 0 Å². The first kappa shape index (κ1) is 24.0. The summed E-state index contributed by atoms with van der Waals surface area (Å²) in [6.07, 6.45) is 5.26. The molecule has 0 bridgehead atoms. The molecule has 7 atom stereocenters. The molecule has 0 amide bonds. The molecule has 4 aliphatic rings. The van der Waals surface area contributed by atoms with Crippen LogP contribution in [0.25, 0.3) is 0 Å². The minimum atomic E-state index is -1.53. The summed E-state index contributed by atoms with van der Waals surface area (Å²) in [5.41, 5.74) is -1.43. The highest BCUT2D eigenvalue weighted by molar-refractivity contribution is 6.53. The van der Waals surface area contributed by atoms with Crippen molar-refractivity contribution in [3.05, 3.63) is 11.6 Å². The second-order valence-corrected chi connectivity index (χ2v) is 11.5. The van der Waals surface area contributed by atoms with E-state index in [1.165, 1.54) is 0 Å². The summed E-state index contributed by atoms with van der Waals surface area (Å²) in [6.45, 7) is 5.97. The molecule has 0 saturated heterocycles. The minimum Gasteiger partial charge on any atom is -0.463 e. The van der Waals surface area contributed by atoms with Crippen LogP contribution in [0.1, 0.15) is 65.7 Å². The molecule has 178 valence electrons. The number of alkyl halides is 2. The van der Waals surface area contributed by atoms with E-state index in [2.05, 4.69) is 6.92 Å². The van der Waals surface area contributed by atoms with Crippen LogP contribution in [0.2, 0.25) is 0 Å². The Hall–Kier alpha value is -1.11. The van der Waals surface area contributed by atoms with Crippen molar-refractivity contribution in [3.8, 4) is 0 Å². The van der Waals surface area contributed by atoms with Crippen LogP contribution in [-0.4, -0.2) is 46.0 Å². The number of fused-ring (bicyclic) bond motifs is 5.